The molecule has 0 fully saturated rings. The number of aromatic nitrogens is 4. The van der Waals surface area contributed by atoms with Crippen LogP contribution in [0.15, 0.2) is 22.6 Å². The second-order valence-electron chi connectivity index (χ2n) is 3.92. The van der Waals surface area contributed by atoms with Crippen LogP contribution in [0.2, 0.25) is 0 Å². The number of methoxy groups -OCH3 is 1. The maximum absolute atomic E-state index is 12.1. The summed E-state index contributed by atoms with van der Waals surface area (Å²) in [4.78, 5) is 28.9. The topological polar surface area (TPSA) is 98.5 Å². The quantitative estimate of drug-likeness (QED) is 0.769. The van der Waals surface area contributed by atoms with Crippen LogP contribution in [0.3, 0.4) is 0 Å². The lowest BCUT2D eigenvalue weighted by Gasteiger charge is -2.00. The number of thiazole rings is 1. The standard InChI is InChI=1S/C11H9N5O3S2/c1-19-5-7-14-15-10(21-7)13-8(17)6-4-12-11-16(9(6)18)2-3-20-11/h2-4H,5H2,1H3,(H,13,15,17). The lowest BCUT2D eigenvalue weighted by atomic mass is 10.3. The van der Waals surface area contributed by atoms with Crippen molar-refractivity contribution in [2.24, 2.45) is 0 Å². The number of ether oxygens (including phenoxy) is 1. The summed E-state index contributed by atoms with van der Waals surface area (Å²) in [5.41, 5.74) is -0.463. The van der Waals surface area contributed by atoms with Gasteiger partial charge < -0.3 is 4.74 Å². The Balaban J connectivity index is 1.86. The van der Waals surface area contributed by atoms with E-state index >= 15 is 0 Å². The molecular weight excluding hydrogens is 314 g/mol. The van der Waals surface area contributed by atoms with Crippen LogP contribution in [-0.2, 0) is 11.3 Å². The average molecular weight is 323 g/mol. The molecule has 0 saturated carbocycles. The first-order valence-corrected chi connectivity index (χ1v) is 7.46. The SMILES string of the molecule is COCc1nnc(NC(=O)c2cnc3sccn3c2=O)s1. The normalized spacial score (nSPS) is 10.9. The van der Waals surface area contributed by atoms with E-state index in [0.29, 0.717) is 21.7 Å². The van der Waals surface area contributed by atoms with E-state index in [1.807, 2.05) is 0 Å². The Bertz CT molecular complexity index is 853. The van der Waals surface area contributed by atoms with Gasteiger partial charge in [-0.25, -0.2) is 4.98 Å². The van der Waals surface area contributed by atoms with Crippen molar-refractivity contribution < 1.29 is 9.53 Å². The minimum atomic E-state index is -0.562. The summed E-state index contributed by atoms with van der Waals surface area (Å²) in [6.45, 7) is 0.318. The molecule has 1 N–H and O–H groups in total. The molecule has 1 amide bonds. The summed E-state index contributed by atoms with van der Waals surface area (Å²) in [7, 11) is 1.54. The number of anilines is 1. The zero-order valence-electron chi connectivity index (χ0n) is 10.8. The summed E-state index contributed by atoms with van der Waals surface area (Å²) in [6, 6.07) is 0. The third-order valence-electron chi connectivity index (χ3n) is 2.54. The number of carbonyl (C=O) groups is 1. The van der Waals surface area contributed by atoms with Gasteiger partial charge in [-0.05, 0) is 0 Å². The van der Waals surface area contributed by atoms with E-state index in [2.05, 4.69) is 20.5 Å². The minimum Gasteiger partial charge on any atom is -0.377 e. The first-order valence-electron chi connectivity index (χ1n) is 5.76. The van der Waals surface area contributed by atoms with Crippen molar-refractivity contribution in [1.29, 1.82) is 0 Å². The molecule has 0 spiro atoms. The van der Waals surface area contributed by atoms with Crippen molar-refractivity contribution in [3.8, 4) is 0 Å². The number of fused-ring (bicyclic) bond motifs is 1. The van der Waals surface area contributed by atoms with Crippen LogP contribution >= 0.6 is 22.7 Å². The molecule has 10 heteroatoms. The van der Waals surface area contributed by atoms with E-state index in [4.69, 9.17) is 4.74 Å². The first kappa shape index (κ1) is 13.8. The lowest BCUT2D eigenvalue weighted by molar-refractivity contribution is 0.102. The van der Waals surface area contributed by atoms with Gasteiger partial charge in [0.25, 0.3) is 11.5 Å². The van der Waals surface area contributed by atoms with Crippen molar-refractivity contribution in [3.05, 3.63) is 38.7 Å². The Morgan fingerprint density at radius 1 is 1.48 bits per heavy atom. The highest BCUT2D eigenvalue weighted by molar-refractivity contribution is 7.15. The highest BCUT2D eigenvalue weighted by atomic mass is 32.1. The fourth-order valence-corrected chi connectivity index (χ4v) is 3.01. The van der Waals surface area contributed by atoms with E-state index in [0.717, 1.165) is 0 Å². The van der Waals surface area contributed by atoms with E-state index in [9.17, 15) is 9.59 Å². The lowest BCUT2D eigenvalue weighted by Crippen LogP contribution is -2.25. The molecular formula is C11H9N5O3S2. The van der Waals surface area contributed by atoms with Crippen molar-refractivity contribution >= 4 is 38.7 Å². The van der Waals surface area contributed by atoms with Gasteiger partial charge in [0.2, 0.25) is 5.13 Å². The number of hydrogen-bond donors (Lipinski definition) is 1. The number of amides is 1. The maximum Gasteiger partial charge on any atom is 0.271 e. The fourth-order valence-electron chi connectivity index (χ4n) is 1.63. The third-order valence-corrected chi connectivity index (χ3v) is 4.13. The molecule has 0 aliphatic rings. The van der Waals surface area contributed by atoms with Crippen LogP contribution < -0.4 is 10.9 Å². The van der Waals surface area contributed by atoms with E-state index in [1.54, 1.807) is 18.7 Å². The Labute approximate surface area is 126 Å². The molecule has 0 aliphatic heterocycles. The van der Waals surface area contributed by atoms with E-state index in [-0.39, 0.29) is 5.56 Å². The van der Waals surface area contributed by atoms with Gasteiger partial charge in [0, 0.05) is 24.9 Å². The first-order chi connectivity index (χ1) is 10.2. The van der Waals surface area contributed by atoms with Crippen molar-refractivity contribution in [3.63, 3.8) is 0 Å². The van der Waals surface area contributed by atoms with Crippen molar-refractivity contribution in [2.45, 2.75) is 6.61 Å². The third kappa shape index (κ3) is 2.68. The Kier molecular flexibility index (Phi) is 3.73. The van der Waals surface area contributed by atoms with Crippen molar-refractivity contribution in [1.82, 2.24) is 19.6 Å². The van der Waals surface area contributed by atoms with Crippen LogP contribution in [0, 0.1) is 0 Å². The summed E-state index contributed by atoms with van der Waals surface area (Å²) in [5, 5.41) is 12.9. The van der Waals surface area contributed by atoms with Gasteiger partial charge in [0.1, 0.15) is 17.2 Å². The number of rotatable bonds is 4. The van der Waals surface area contributed by atoms with Crippen LogP contribution in [0.5, 0.6) is 0 Å². The van der Waals surface area contributed by atoms with Gasteiger partial charge in [-0.15, -0.1) is 21.5 Å². The van der Waals surface area contributed by atoms with Gasteiger partial charge in [-0.3, -0.25) is 19.3 Å². The smallest absolute Gasteiger partial charge is 0.271 e. The second kappa shape index (κ2) is 5.68. The summed E-state index contributed by atoms with van der Waals surface area (Å²) >= 11 is 2.51. The minimum absolute atomic E-state index is 0.0469. The molecule has 0 atom stereocenters. The van der Waals surface area contributed by atoms with Gasteiger partial charge in [0.15, 0.2) is 4.96 Å². The molecule has 0 radical (unpaired) electrons. The zero-order valence-corrected chi connectivity index (χ0v) is 12.4. The molecule has 3 rings (SSSR count). The molecule has 21 heavy (non-hydrogen) atoms. The van der Waals surface area contributed by atoms with E-state index < -0.39 is 11.5 Å². The molecule has 0 aliphatic carbocycles. The fraction of sp³-hybridized carbons (Fsp3) is 0.182. The molecule has 3 heterocycles. The summed E-state index contributed by atoms with van der Waals surface area (Å²) in [5.74, 6) is -0.562. The summed E-state index contributed by atoms with van der Waals surface area (Å²) < 4.78 is 6.25. The Hall–Kier alpha value is -2.17. The number of carbonyl (C=O) groups excluding carboxylic acids is 1. The number of hydrogen-bond acceptors (Lipinski definition) is 8. The molecule has 0 saturated heterocycles. The van der Waals surface area contributed by atoms with E-state index in [1.165, 1.54) is 33.3 Å². The highest BCUT2D eigenvalue weighted by Crippen LogP contribution is 2.16. The highest BCUT2D eigenvalue weighted by Gasteiger charge is 2.16. The predicted molar refractivity (Wildman–Crippen MR) is 77.9 cm³/mol. The summed E-state index contributed by atoms with van der Waals surface area (Å²) in [6.07, 6.45) is 2.84. The van der Waals surface area contributed by atoms with Gasteiger partial charge in [0.05, 0.1) is 0 Å². The largest absolute Gasteiger partial charge is 0.377 e. The molecule has 0 aromatic carbocycles. The second-order valence-corrected chi connectivity index (χ2v) is 5.86. The van der Waals surface area contributed by atoms with Gasteiger partial charge >= 0.3 is 0 Å². The van der Waals surface area contributed by atoms with Crippen LogP contribution in [0.25, 0.3) is 4.96 Å². The van der Waals surface area contributed by atoms with Crippen LogP contribution in [0.4, 0.5) is 5.13 Å². The Morgan fingerprint density at radius 2 is 2.33 bits per heavy atom. The molecule has 0 bridgehead atoms. The molecule has 0 unspecified atom stereocenters. The molecule has 8 nitrogen and oxygen atoms in total. The van der Waals surface area contributed by atoms with Crippen LogP contribution in [-0.4, -0.2) is 32.6 Å². The molecule has 108 valence electrons. The monoisotopic (exact) mass is 323 g/mol. The van der Waals surface area contributed by atoms with Gasteiger partial charge in [-0.2, -0.15) is 0 Å². The Morgan fingerprint density at radius 3 is 3.14 bits per heavy atom. The average Bonchev–Trinajstić information content (AvgIpc) is 3.09. The van der Waals surface area contributed by atoms with Crippen molar-refractivity contribution in [2.75, 3.05) is 12.4 Å². The number of nitrogens with one attached hydrogen (secondary N) is 1. The molecule has 3 aromatic rings. The zero-order chi connectivity index (χ0) is 14.8. The molecule has 3 aromatic heterocycles. The van der Waals surface area contributed by atoms with Gasteiger partial charge in [-0.1, -0.05) is 11.3 Å². The predicted octanol–water partition coefficient (Wildman–Crippen LogP) is 1.01. The number of nitrogens with zero attached hydrogens (tertiary/aromatic N) is 4. The van der Waals surface area contributed by atoms with Crippen LogP contribution in [0.1, 0.15) is 15.4 Å². The maximum atomic E-state index is 12.1.